The van der Waals surface area contributed by atoms with E-state index in [-0.39, 0.29) is 18.1 Å². The number of nitrogens with zero attached hydrogens (tertiary/aromatic N) is 4. The molecule has 4 heterocycles. The lowest BCUT2D eigenvalue weighted by atomic mass is 9.88. The van der Waals surface area contributed by atoms with Gasteiger partial charge >= 0.3 is 0 Å². The zero-order chi connectivity index (χ0) is 20.1. The van der Waals surface area contributed by atoms with E-state index in [0.717, 1.165) is 43.6 Å². The molecule has 0 aliphatic carbocycles. The Kier molecular flexibility index (Phi) is 4.49. The van der Waals surface area contributed by atoms with E-state index in [1.807, 2.05) is 41.2 Å². The minimum Gasteiger partial charge on any atom is -0.346 e. The van der Waals surface area contributed by atoms with Crippen molar-refractivity contribution in [3.8, 4) is 0 Å². The average Bonchev–Trinajstić information content (AvgIpc) is 3.14. The van der Waals surface area contributed by atoms with Gasteiger partial charge in [-0.05, 0) is 43.8 Å². The second-order valence-corrected chi connectivity index (χ2v) is 8.07. The fourth-order valence-corrected chi connectivity index (χ4v) is 4.86. The van der Waals surface area contributed by atoms with Gasteiger partial charge in [-0.15, -0.1) is 0 Å². The van der Waals surface area contributed by atoms with Crippen LogP contribution in [0.3, 0.4) is 0 Å². The van der Waals surface area contributed by atoms with Gasteiger partial charge in [0.15, 0.2) is 0 Å². The molecule has 1 aromatic carbocycles. The van der Waals surface area contributed by atoms with E-state index in [2.05, 4.69) is 10.2 Å². The largest absolute Gasteiger partial charge is 0.346 e. The monoisotopic (exact) mass is 398 g/mol. The third kappa shape index (κ3) is 3.17. The Morgan fingerprint density at radius 1 is 1.21 bits per heavy atom. The number of fused-ring (bicyclic) bond motifs is 3. The summed E-state index contributed by atoms with van der Waals surface area (Å²) in [6.07, 6.45) is 8.45. The van der Waals surface area contributed by atoms with Crippen LogP contribution in [0.4, 0.5) is 14.6 Å². The highest BCUT2D eigenvalue weighted by Crippen LogP contribution is 2.37. The van der Waals surface area contributed by atoms with Crippen LogP contribution in [0, 0.1) is 11.6 Å². The maximum absolute atomic E-state index is 14.3. The van der Waals surface area contributed by atoms with E-state index in [4.69, 9.17) is 10.8 Å². The van der Waals surface area contributed by atoms with Crippen molar-refractivity contribution in [2.45, 2.75) is 37.6 Å². The lowest BCUT2D eigenvalue weighted by Gasteiger charge is -2.44. The van der Waals surface area contributed by atoms with Crippen molar-refractivity contribution in [2.75, 3.05) is 18.9 Å². The van der Waals surface area contributed by atoms with E-state index in [0.29, 0.717) is 5.56 Å². The zero-order valence-electron chi connectivity index (χ0n) is 16.2. The van der Waals surface area contributed by atoms with Gasteiger partial charge in [-0.25, -0.2) is 13.5 Å². The highest BCUT2D eigenvalue weighted by molar-refractivity contribution is 5.57. The van der Waals surface area contributed by atoms with E-state index in [1.54, 1.807) is 0 Å². The second-order valence-electron chi connectivity index (χ2n) is 8.07. The van der Waals surface area contributed by atoms with Crippen molar-refractivity contribution in [3.63, 3.8) is 0 Å². The van der Waals surface area contributed by atoms with Crippen molar-refractivity contribution < 1.29 is 8.78 Å². The van der Waals surface area contributed by atoms with Crippen LogP contribution in [0.5, 0.6) is 0 Å². The molecular weight excluding hydrogens is 374 g/mol. The number of rotatable bonds is 2. The molecule has 3 N–H and O–H groups in total. The summed E-state index contributed by atoms with van der Waals surface area (Å²) in [6.45, 7) is 2.30. The fourth-order valence-electron chi connectivity index (χ4n) is 4.86. The average molecular weight is 398 g/mol. The standard InChI is InChI=1S/C21H24F2N6/c1-27-10-14(9-18(24)20(27)15-8-13(22)4-5-17(15)23)28-11-16-19(12-28)26-29-7-3-2-6-25-21(16)29/h2-8,14,18,20,25H,9-12,24H2,1H3/t14-,18+,20-/m1/s1. The number of hydrogen-bond donors (Lipinski definition) is 2. The van der Waals surface area contributed by atoms with E-state index >= 15 is 0 Å². The number of piperidine rings is 1. The van der Waals surface area contributed by atoms with Gasteiger partial charge in [0.05, 0.1) is 11.7 Å². The molecule has 0 saturated carbocycles. The van der Waals surface area contributed by atoms with Crippen molar-refractivity contribution in [2.24, 2.45) is 5.73 Å². The van der Waals surface area contributed by atoms with Crippen LogP contribution in [-0.2, 0) is 13.1 Å². The first-order chi connectivity index (χ1) is 14.0. The zero-order valence-corrected chi connectivity index (χ0v) is 16.2. The second kappa shape index (κ2) is 7.05. The van der Waals surface area contributed by atoms with E-state index in [9.17, 15) is 8.78 Å². The molecule has 0 bridgehead atoms. The summed E-state index contributed by atoms with van der Waals surface area (Å²) in [5.74, 6) is 0.155. The minimum atomic E-state index is -0.438. The van der Waals surface area contributed by atoms with Gasteiger partial charge in [0.25, 0.3) is 0 Å². The molecule has 1 saturated heterocycles. The number of aromatic nitrogens is 2. The molecule has 3 aliphatic rings. The first kappa shape index (κ1) is 18.5. The number of anilines is 1. The van der Waals surface area contributed by atoms with Crippen molar-refractivity contribution in [1.82, 2.24) is 19.6 Å². The Bertz CT molecular complexity index is 985. The molecule has 5 rings (SSSR count). The molecule has 1 aromatic heterocycles. The van der Waals surface area contributed by atoms with E-state index in [1.165, 1.54) is 17.7 Å². The quantitative estimate of drug-likeness (QED) is 0.815. The van der Waals surface area contributed by atoms with Crippen LogP contribution in [0.15, 0.2) is 36.6 Å². The molecule has 152 valence electrons. The number of likely N-dealkylation sites (N-methyl/N-ethyl adjacent to an activating group) is 1. The molecule has 0 amide bonds. The van der Waals surface area contributed by atoms with Gasteiger partial charge in [-0.1, -0.05) is 0 Å². The molecule has 29 heavy (non-hydrogen) atoms. The number of hydrogen-bond acceptors (Lipinski definition) is 5. The maximum Gasteiger partial charge on any atom is 0.137 e. The lowest BCUT2D eigenvalue weighted by molar-refractivity contribution is 0.0586. The van der Waals surface area contributed by atoms with Gasteiger partial charge in [-0.2, -0.15) is 5.10 Å². The first-order valence-electron chi connectivity index (χ1n) is 9.86. The molecule has 0 spiro atoms. The smallest absolute Gasteiger partial charge is 0.137 e. The number of nitrogens with one attached hydrogen (secondary N) is 1. The third-order valence-corrected chi connectivity index (χ3v) is 6.18. The first-order valence-corrected chi connectivity index (χ1v) is 9.86. The molecule has 2 aromatic rings. The van der Waals surface area contributed by atoms with Crippen LogP contribution in [0.2, 0.25) is 0 Å². The molecule has 3 atom stereocenters. The normalized spacial score (nSPS) is 26.8. The van der Waals surface area contributed by atoms with Gasteiger partial charge < -0.3 is 11.1 Å². The number of benzene rings is 1. The molecule has 8 heteroatoms. The lowest BCUT2D eigenvalue weighted by Crippen LogP contribution is -2.54. The maximum atomic E-state index is 14.3. The van der Waals surface area contributed by atoms with Crippen molar-refractivity contribution in [1.29, 1.82) is 0 Å². The summed E-state index contributed by atoms with van der Waals surface area (Å²) in [7, 11) is 1.93. The Balaban J connectivity index is 1.34. The summed E-state index contributed by atoms with van der Waals surface area (Å²) in [6, 6.07) is 3.20. The van der Waals surface area contributed by atoms with E-state index < -0.39 is 11.6 Å². The number of likely N-dealkylation sites (tertiary alicyclic amines) is 1. The predicted octanol–water partition coefficient (Wildman–Crippen LogP) is 2.66. The minimum absolute atomic E-state index is 0.231. The molecule has 1 fully saturated rings. The number of nitrogens with two attached hydrogens (primary N) is 1. The molecule has 6 nitrogen and oxygen atoms in total. The Labute approximate surface area is 168 Å². The number of halogens is 2. The van der Waals surface area contributed by atoms with Gasteiger partial charge in [0.1, 0.15) is 17.5 Å². The van der Waals surface area contributed by atoms with Gasteiger partial charge in [-0.3, -0.25) is 9.80 Å². The fraction of sp³-hybridized carbons (Fsp3) is 0.381. The van der Waals surface area contributed by atoms with Gasteiger partial charge in [0, 0.05) is 55.2 Å². The van der Waals surface area contributed by atoms with Crippen LogP contribution < -0.4 is 11.1 Å². The van der Waals surface area contributed by atoms with Crippen LogP contribution in [-0.4, -0.2) is 45.3 Å². The van der Waals surface area contributed by atoms with Crippen molar-refractivity contribution in [3.05, 3.63) is 65.0 Å². The molecule has 0 radical (unpaired) electrons. The summed E-state index contributed by atoms with van der Waals surface area (Å²) in [4.78, 5) is 4.43. The topological polar surface area (TPSA) is 62.3 Å². The summed E-state index contributed by atoms with van der Waals surface area (Å²) in [5.41, 5.74) is 9.09. The highest BCUT2D eigenvalue weighted by Gasteiger charge is 2.39. The summed E-state index contributed by atoms with van der Waals surface area (Å²) >= 11 is 0. The highest BCUT2D eigenvalue weighted by atomic mass is 19.1. The van der Waals surface area contributed by atoms with Crippen LogP contribution in [0.1, 0.15) is 29.3 Å². The third-order valence-electron chi connectivity index (χ3n) is 6.18. The molecule has 3 aliphatic heterocycles. The Morgan fingerprint density at radius 2 is 2.07 bits per heavy atom. The Morgan fingerprint density at radius 3 is 2.90 bits per heavy atom. The summed E-state index contributed by atoms with van der Waals surface area (Å²) in [5, 5.41) is 8.01. The molecule has 0 unspecified atom stereocenters. The predicted molar refractivity (Wildman–Crippen MR) is 108 cm³/mol. The van der Waals surface area contributed by atoms with Crippen molar-refractivity contribution >= 4 is 12.0 Å². The van der Waals surface area contributed by atoms with Gasteiger partial charge in [0.2, 0.25) is 0 Å². The van der Waals surface area contributed by atoms with Crippen LogP contribution >= 0.6 is 0 Å². The molecular formula is C21H24F2N6. The number of allylic oxidation sites excluding steroid dienone is 2. The van der Waals surface area contributed by atoms with Crippen LogP contribution in [0.25, 0.3) is 6.20 Å². The Hall–Kier alpha value is -2.55. The summed E-state index contributed by atoms with van der Waals surface area (Å²) < 4.78 is 29.9. The SMILES string of the molecule is CN1C[C@H](N2Cc3nn4c(c3C2)NC=CC=C4)C[C@H](N)[C@H]1c1cc(F)ccc1F.